The average molecular weight is 336 g/mol. The molecule has 0 aromatic heterocycles. The molecular weight excluding hydrogens is 308 g/mol. The minimum absolute atomic E-state index is 0.345. The highest BCUT2D eigenvalue weighted by atomic mass is 35.5. The van der Waals surface area contributed by atoms with E-state index in [2.05, 4.69) is 57.7 Å². The van der Waals surface area contributed by atoms with Crippen LogP contribution in [0.3, 0.4) is 0 Å². The molecule has 0 bridgehead atoms. The summed E-state index contributed by atoms with van der Waals surface area (Å²) in [4.78, 5) is 2.42. The summed E-state index contributed by atoms with van der Waals surface area (Å²) in [7, 11) is -0.400. The van der Waals surface area contributed by atoms with Crippen molar-refractivity contribution < 1.29 is 9.31 Å². The zero-order valence-corrected chi connectivity index (χ0v) is 15.6. The van der Waals surface area contributed by atoms with Gasteiger partial charge in [-0.1, -0.05) is 24.6 Å². The Morgan fingerprint density at radius 3 is 2.17 bits per heavy atom. The number of halogens is 1. The van der Waals surface area contributed by atoms with Gasteiger partial charge in [0.05, 0.1) is 11.2 Å². The fourth-order valence-corrected chi connectivity index (χ4v) is 3.40. The molecule has 2 saturated heterocycles. The summed E-state index contributed by atoms with van der Waals surface area (Å²) in [6.45, 7) is 12.8. The van der Waals surface area contributed by atoms with Gasteiger partial charge in [-0.3, -0.25) is 0 Å². The fourth-order valence-electron chi connectivity index (χ4n) is 3.14. The molecule has 5 heteroatoms. The second-order valence-corrected chi connectivity index (χ2v) is 8.37. The molecule has 0 aliphatic carbocycles. The standard InChI is InChI=1S/C18H27BClNO2/c1-13-8-10-21(11-9-13)14-6-7-15(16(20)12-14)19-22-17(2,3)18(4,5)23-19/h6-7,12-13H,8-11H2,1-5H3. The SMILES string of the molecule is CC1CCN(c2ccc(B3OC(C)(C)C(C)(C)O3)c(Cl)c2)CC1. The summed E-state index contributed by atoms with van der Waals surface area (Å²) in [5, 5.41) is 0.722. The van der Waals surface area contributed by atoms with Gasteiger partial charge in [-0.05, 0) is 58.6 Å². The van der Waals surface area contributed by atoms with Crippen molar-refractivity contribution in [2.75, 3.05) is 18.0 Å². The third-order valence-electron chi connectivity index (χ3n) is 5.64. The van der Waals surface area contributed by atoms with E-state index in [1.54, 1.807) is 0 Å². The lowest BCUT2D eigenvalue weighted by atomic mass is 9.79. The van der Waals surface area contributed by atoms with E-state index in [1.165, 1.54) is 18.5 Å². The molecule has 0 N–H and O–H groups in total. The Morgan fingerprint density at radius 1 is 1.09 bits per heavy atom. The Hall–Kier alpha value is -0.705. The molecule has 1 aromatic rings. The minimum atomic E-state index is -0.400. The van der Waals surface area contributed by atoms with Crippen LogP contribution in [0.2, 0.25) is 5.02 Å². The lowest BCUT2D eigenvalue weighted by molar-refractivity contribution is 0.00578. The van der Waals surface area contributed by atoms with Gasteiger partial charge in [0, 0.05) is 29.3 Å². The molecule has 0 amide bonds. The smallest absolute Gasteiger partial charge is 0.399 e. The quantitative estimate of drug-likeness (QED) is 0.766. The highest BCUT2D eigenvalue weighted by molar-refractivity contribution is 6.65. The van der Waals surface area contributed by atoms with Gasteiger partial charge in [-0.2, -0.15) is 0 Å². The zero-order valence-electron chi connectivity index (χ0n) is 14.9. The largest absolute Gasteiger partial charge is 0.496 e. The van der Waals surface area contributed by atoms with Gasteiger partial charge < -0.3 is 14.2 Å². The van der Waals surface area contributed by atoms with E-state index in [-0.39, 0.29) is 11.2 Å². The van der Waals surface area contributed by atoms with Crippen LogP contribution in [0.1, 0.15) is 47.5 Å². The van der Waals surface area contributed by atoms with Crippen molar-refractivity contribution >= 4 is 29.9 Å². The maximum absolute atomic E-state index is 6.56. The lowest BCUT2D eigenvalue weighted by Gasteiger charge is -2.32. The molecule has 0 saturated carbocycles. The van der Waals surface area contributed by atoms with Gasteiger partial charge >= 0.3 is 7.12 Å². The van der Waals surface area contributed by atoms with E-state index in [1.807, 2.05) is 0 Å². The molecule has 23 heavy (non-hydrogen) atoms. The van der Waals surface area contributed by atoms with Crippen LogP contribution in [0.5, 0.6) is 0 Å². The predicted molar refractivity (Wildman–Crippen MR) is 97.8 cm³/mol. The molecule has 0 unspecified atom stereocenters. The molecule has 2 aliphatic rings. The van der Waals surface area contributed by atoms with E-state index in [9.17, 15) is 0 Å². The van der Waals surface area contributed by atoms with Gasteiger partial charge in [-0.25, -0.2) is 0 Å². The van der Waals surface area contributed by atoms with Crippen LogP contribution in [-0.2, 0) is 9.31 Å². The van der Waals surface area contributed by atoms with Crippen LogP contribution in [0.4, 0.5) is 5.69 Å². The summed E-state index contributed by atoms with van der Waals surface area (Å²) in [5.74, 6) is 0.825. The van der Waals surface area contributed by atoms with Crippen LogP contribution in [0, 0.1) is 5.92 Å². The van der Waals surface area contributed by atoms with Crippen LogP contribution in [0.25, 0.3) is 0 Å². The van der Waals surface area contributed by atoms with E-state index in [0.29, 0.717) is 0 Å². The average Bonchev–Trinajstić information content (AvgIpc) is 2.68. The number of anilines is 1. The van der Waals surface area contributed by atoms with Crippen molar-refractivity contribution in [2.45, 2.75) is 58.7 Å². The third-order valence-corrected chi connectivity index (χ3v) is 5.97. The highest BCUT2D eigenvalue weighted by Crippen LogP contribution is 2.37. The van der Waals surface area contributed by atoms with Gasteiger partial charge in [0.15, 0.2) is 0 Å². The molecule has 0 atom stereocenters. The zero-order chi connectivity index (χ0) is 16.8. The number of piperidine rings is 1. The summed E-state index contributed by atoms with van der Waals surface area (Å²) in [5.41, 5.74) is 1.42. The first kappa shape index (κ1) is 17.1. The molecule has 2 fully saturated rings. The van der Waals surface area contributed by atoms with Crippen molar-refractivity contribution in [3.8, 4) is 0 Å². The van der Waals surface area contributed by atoms with Crippen LogP contribution in [-0.4, -0.2) is 31.4 Å². The first-order valence-electron chi connectivity index (χ1n) is 8.60. The first-order valence-corrected chi connectivity index (χ1v) is 8.97. The Bertz CT molecular complexity index is 566. The van der Waals surface area contributed by atoms with Crippen molar-refractivity contribution in [1.82, 2.24) is 0 Å². The normalized spacial score (nSPS) is 24.3. The number of hydrogen-bond acceptors (Lipinski definition) is 3. The molecular formula is C18H27BClNO2. The fraction of sp³-hybridized carbons (Fsp3) is 0.667. The third kappa shape index (κ3) is 3.26. The van der Waals surface area contributed by atoms with Gasteiger partial charge in [-0.15, -0.1) is 0 Å². The van der Waals surface area contributed by atoms with E-state index in [0.717, 1.165) is 29.5 Å². The van der Waals surface area contributed by atoms with Gasteiger partial charge in [0.1, 0.15) is 0 Å². The number of benzene rings is 1. The summed E-state index contributed by atoms with van der Waals surface area (Å²) in [6, 6.07) is 6.25. The Kier molecular flexibility index (Phi) is 4.45. The maximum atomic E-state index is 6.56. The second kappa shape index (κ2) is 5.98. The lowest BCUT2D eigenvalue weighted by Crippen LogP contribution is -2.41. The van der Waals surface area contributed by atoms with Gasteiger partial charge in [0.25, 0.3) is 0 Å². The van der Waals surface area contributed by atoms with Crippen molar-refractivity contribution in [2.24, 2.45) is 5.92 Å². The topological polar surface area (TPSA) is 21.7 Å². The second-order valence-electron chi connectivity index (χ2n) is 7.96. The molecule has 0 radical (unpaired) electrons. The van der Waals surface area contributed by atoms with Gasteiger partial charge in [0.2, 0.25) is 0 Å². The van der Waals surface area contributed by atoms with Crippen molar-refractivity contribution in [3.63, 3.8) is 0 Å². The molecule has 3 rings (SSSR count). The molecule has 1 aromatic carbocycles. The molecule has 126 valence electrons. The highest BCUT2D eigenvalue weighted by Gasteiger charge is 2.52. The summed E-state index contributed by atoms with van der Waals surface area (Å²) in [6.07, 6.45) is 2.49. The van der Waals surface area contributed by atoms with Crippen molar-refractivity contribution in [3.05, 3.63) is 23.2 Å². The Labute approximate surface area is 145 Å². The number of hydrogen-bond donors (Lipinski definition) is 0. The van der Waals surface area contributed by atoms with Crippen LogP contribution < -0.4 is 10.4 Å². The maximum Gasteiger partial charge on any atom is 0.496 e. The van der Waals surface area contributed by atoms with E-state index in [4.69, 9.17) is 20.9 Å². The summed E-state index contributed by atoms with van der Waals surface area (Å²) >= 11 is 6.56. The van der Waals surface area contributed by atoms with Crippen LogP contribution in [0.15, 0.2) is 18.2 Å². The number of rotatable bonds is 2. The van der Waals surface area contributed by atoms with E-state index < -0.39 is 7.12 Å². The minimum Gasteiger partial charge on any atom is -0.399 e. The number of nitrogens with zero attached hydrogens (tertiary/aromatic N) is 1. The van der Waals surface area contributed by atoms with Crippen molar-refractivity contribution in [1.29, 1.82) is 0 Å². The summed E-state index contributed by atoms with van der Waals surface area (Å²) < 4.78 is 12.2. The Balaban J connectivity index is 1.78. The monoisotopic (exact) mass is 335 g/mol. The Morgan fingerprint density at radius 2 is 1.65 bits per heavy atom. The predicted octanol–water partition coefficient (Wildman–Crippen LogP) is 3.88. The molecule has 3 nitrogen and oxygen atoms in total. The van der Waals surface area contributed by atoms with Crippen LogP contribution >= 0.6 is 11.6 Å². The first-order chi connectivity index (χ1) is 10.7. The van der Waals surface area contributed by atoms with E-state index >= 15 is 0 Å². The molecule has 0 spiro atoms. The molecule has 2 aliphatic heterocycles. The molecule has 2 heterocycles.